The number of hydrogen-bond acceptors (Lipinski definition) is 6. The third-order valence-corrected chi connectivity index (χ3v) is 9.40. The van der Waals surface area contributed by atoms with Crippen molar-refractivity contribution in [3.63, 3.8) is 0 Å². The van der Waals surface area contributed by atoms with Gasteiger partial charge in [0.15, 0.2) is 0 Å². The zero-order valence-electron chi connectivity index (χ0n) is 21.7. The molecule has 6 nitrogen and oxygen atoms in total. The van der Waals surface area contributed by atoms with Crippen molar-refractivity contribution in [2.24, 2.45) is 11.8 Å². The van der Waals surface area contributed by atoms with Crippen molar-refractivity contribution in [1.82, 2.24) is 10.2 Å². The van der Waals surface area contributed by atoms with Crippen LogP contribution >= 0.6 is 12.6 Å². The normalized spacial score (nSPS) is 29.9. The van der Waals surface area contributed by atoms with Gasteiger partial charge in [0.25, 0.3) is 0 Å². The molecule has 0 radical (unpaired) electrons. The molecule has 1 aromatic carbocycles. The Balaban J connectivity index is 1.38. The first kappa shape index (κ1) is 25.8. The van der Waals surface area contributed by atoms with Crippen LogP contribution in [-0.2, 0) is 32.6 Å². The van der Waals surface area contributed by atoms with E-state index in [2.05, 4.69) is 35.0 Å². The highest BCUT2D eigenvalue weighted by atomic mass is 32.1. The molecule has 4 aliphatic rings. The summed E-state index contributed by atoms with van der Waals surface area (Å²) in [5, 5.41) is 3.00. The average Bonchev–Trinajstić information content (AvgIpc) is 3.17. The molecule has 1 aromatic rings. The third-order valence-electron chi connectivity index (χ3n) is 9.18. The monoisotopic (exact) mass is 512 g/mol. The summed E-state index contributed by atoms with van der Waals surface area (Å²) in [6.07, 6.45) is 7.80. The number of amides is 1. The van der Waals surface area contributed by atoms with Gasteiger partial charge in [0.05, 0.1) is 0 Å². The Bertz CT molecular complexity index is 1040. The van der Waals surface area contributed by atoms with Gasteiger partial charge in [0.1, 0.15) is 23.4 Å². The van der Waals surface area contributed by atoms with Crippen molar-refractivity contribution >= 4 is 30.1 Å². The topological polar surface area (TPSA) is 75.7 Å². The summed E-state index contributed by atoms with van der Waals surface area (Å²) in [5.41, 5.74) is 3.75. The molecule has 36 heavy (non-hydrogen) atoms. The standard InChI is InChI=1S/C29H40N2O4S/c1-18(32)15-21-6-5-20-17-24-23-8-7-22(16-19(2)33)28-29(23,26(20)27(21)35-28)10-13-31(24)12-4-3-11-30-25(34)9-14-36/h5-6,22-24,28,36H,3-4,7-17H2,1-2H3,(H,30,34)/t22-,23+,24-,28+,29+/m1/s1. The first-order chi connectivity index (χ1) is 17.3. The number of hydrogen-bond donors (Lipinski definition) is 2. The fraction of sp³-hybridized carbons (Fsp3) is 0.690. The van der Waals surface area contributed by atoms with E-state index in [-0.39, 0.29) is 34.9 Å². The maximum Gasteiger partial charge on any atom is 0.220 e. The second-order valence-corrected chi connectivity index (χ2v) is 11.9. The molecule has 1 amide bonds. The number of nitrogens with zero attached hydrogens (tertiary/aromatic N) is 1. The second kappa shape index (κ2) is 10.5. The smallest absolute Gasteiger partial charge is 0.220 e. The summed E-state index contributed by atoms with van der Waals surface area (Å²) in [6.45, 7) is 6.16. The van der Waals surface area contributed by atoms with Crippen LogP contribution in [-0.4, -0.2) is 59.9 Å². The number of Topliss-reactive ketones (excluding diaryl/α,β-unsaturated/α-hetero) is 2. The van der Waals surface area contributed by atoms with Crippen molar-refractivity contribution < 1.29 is 19.1 Å². The lowest BCUT2D eigenvalue weighted by Crippen LogP contribution is -2.66. The molecule has 7 heteroatoms. The van der Waals surface area contributed by atoms with Gasteiger partial charge < -0.3 is 14.8 Å². The number of rotatable bonds is 11. The maximum absolute atomic E-state index is 12.2. The third kappa shape index (κ3) is 4.51. The van der Waals surface area contributed by atoms with Crippen LogP contribution in [0.15, 0.2) is 12.1 Å². The first-order valence-corrected chi connectivity index (χ1v) is 14.4. The summed E-state index contributed by atoms with van der Waals surface area (Å²) in [7, 11) is 0. The van der Waals surface area contributed by atoms with Gasteiger partial charge in [-0.25, -0.2) is 0 Å². The van der Waals surface area contributed by atoms with Crippen LogP contribution in [0, 0.1) is 11.8 Å². The Morgan fingerprint density at radius 2 is 2.00 bits per heavy atom. The summed E-state index contributed by atoms with van der Waals surface area (Å²) in [4.78, 5) is 38.6. The van der Waals surface area contributed by atoms with E-state index in [0.717, 1.165) is 69.5 Å². The van der Waals surface area contributed by atoms with E-state index in [1.165, 1.54) is 11.1 Å². The number of nitrogens with one attached hydrogen (secondary N) is 1. The quantitative estimate of drug-likeness (QED) is 0.350. The molecular formula is C29H40N2O4S. The second-order valence-electron chi connectivity index (χ2n) is 11.5. The minimum Gasteiger partial charge on any atom is -0.489 e. The number of likely N-dealkylation sites (tertiary alicyclic amines) is 1. The number of ether oxygens (including phenoxy) is 1. The van der Waals surface area contributed by atoms with Crippen LogP contribution in [0.3, 0.4) is 0 Å². The van der Waals surface area contributed by atoms with Gasteiger partial charge in [-0.3, -0.25) is 14.5 Å². The van der Waals surface area contributed by atoms with Crippen LogP contribution in [0.5, 0.6) is 5.75 Å². The van der Waals surface area contributed by atoms with Crippen molar-refractivity contribution in [3.05, 3.63) is 28.8 Å². The molecular weight excluding hydrogens is 472 g/mol. The van der Waals surface area contributed by atoms with Gasteiger partial charge in [-0.05, 0) is 82.7 Å². The Kier molecular flexibility index (Phi) is 7.51. The summed E-state index contributed by atoms with van der Waals surface area (Å²) in [6, 6.07) is 4.85. The van der Waals surface area contributed by atoms with Gasteiger partial charge in [-0.1, -0.05) is 12.1 Å². The fourth-order valence-corrected chi connectivity index (χ4v) is 8.13. The van der Waals surface area contributed by atoms with E-state index < -0.39 is 0 Å². The minimum atomic E-state index is -0.0317. The van der Waals surface area contributed by atoms with E-state index in [1.807, 2.05) is 0 Å². The van der Waals surface area contributed by atoms with E-state index in [9.17, 15) is 14.4 Å². The highest BCUT2D eigenvalue weighted by Crippen LogP contribution is 2.64. The maximum atomic E-state index is 12.2. The number of thiol groups is 1. The highest BCUT2D eigenvalue weighted by molar-refractivity contribution is 7.80. The molecule has 2 aliphatic carbocycles. The molecule has 2 fully saturated rings. The predicted molar refractivity (Wildman–Crippen MR) is 143 cm³/mol. The van der Waals surface area contributed by atoms with Crippen LogP contribution in [0.2, 0.25) is 0 Å². The van der Waals surface area contributed by atoms with E-state index >= 15 is 0 Å². The Morgan fingerprint density at radius 1 is 1.17 bits per heavy atom. The number of unbranched alkanes of at least 4 members (excludes halogenated alkanes) is 1. The molecule has 5 rings (SSSR count). The van der Waals surface area contributed by atoms with E-state index in [0.29, 0.717) is 37.0 Å². The van der Waals surface area contributed by atoms with Crippen molar-refractivity contribution in [2.75, 3.05) is 25.4 Å². The first-order valence-electron chi connectivity index (χ1n) is 13.8. The number of carbonyl (C=O) groups excluding carboxylic acids is 3. The molecule has 196 valence electrons. The largest absolute Gasteiger partial charge is 0.489 e. The Labute approximate surface area is 220 Å². The molecule has 1 N–H and O–H groups in total. The van der Waals surface area contributed by atoms with Crippen LogP contribution < -0.4 is 10.1 Å². The van der Waals surface area contributed by atoms with Crippen LogP contribution in [0.1, 0.15) is 75.5 Å². The van der Waals surface area contributed by atoms with Crippen molar-refractivity contribution in [2.45, 2.75) is 89.2 Å². The lowest BCUT2D eigenvalue weighted by atomic mass is 9.49. The number of benzene rings is 1. The summed E-state index contributed by atoms with van der Waals surface area (Å²) in [5.74, 6) is 2.81. The molecule has 2 aliphatic heterocycles. The molecule has 1 saturated heterocycles. The Morgan fingerprint density at radius 3 is 2.75 bits per heavy atom. The van der Waals surface area contributed by atoms with Gasteiger partial charge >= 0.3 is 0 Å². The summed E-state index contributed by atoms with van der Waals surface area (Å²) < 4.78 is 6.85. The molecule has 0 aromatic heterocycles. The van der Waals surface area contributed by atoms with Gasteiger partial charge in [0.2, 0.25) is 5.91 Å². The molecule has 5 atom stereocenters. The predicted octanol–water partition coefficient (Wildman–Crippen LogP) is 3.67. The Hall–Kier alpha value is -1.86. The highest BCUT2D eigenvalue weighted by Gasteiger charge is 2.65. The fourth-order valence-electron chi connectivity index (χ4n) is 7.93. The zero-order chi connectivity index (χ0) is 25.4. The van der Waals surface area contributed by atoms with Gasteiger partial charge in [-0.15, -0.1) is 0 Å². The number of carbonyl (C=O) groups is 3. The minimum absolute atomic E-state index is 0.0317. The molecule has 0 unspecified atom stereocenters. The molecule has 1 saturated carbocycles. The lowest BCUT2D eigenvalue weighted by molar-refractivity contribution is -0.122. The average molecular weight is 513 g/mol. The summed E-state index contributed by atoms with van der Waals surface area (Å²) >= 11 is 4.13. The number of ketones is 2. The zero-order valence-corrected chi connectivity index (χ0v) is 22.6. The van der Waals surface area contributed by atoms with Crippen molar-refractivity contribution in [1.29, 1.82) is 0 Å². The van der Waals surface area contributed by atoms with E-state index in [4.69, 9.17) is 4.74 Å². The van der Waals surface area contributed by atoms with Crippen LogP contribution in [0.4, 0.5) is 0 Å². The van der Waals surface area contributed by atoms with Gasteiger partial charge in [-0.2, -0.15) is 12.6 Å². The molecule has 2 bridgehead atoms. The molecule has 1 spiro atoms. The van der Waals surface area contributed by atoms with Crippen LogP contribution in [0.25, 0.3) is 0 Å². The number of piperidine rings is 1. The SMILES string of the molecule is CC(=O)Cc1ccc2c3c1O[C@H]1[C@@H](CC(C)=O)CC[C@H]4[C@@H](C2)N(CCCCNC(=O)CCS)CC[C@@]341. The van der Waals surface area contributed by atoms with Crippen molar-refractivity contribution in [3.8, 4) is 5.75 Å². The van der Waals surface area contributed by atoms with E-state index in [1.54, 1.807) is 13.8 Å². The lowest BCUT2D eigenvalue weighted by Gasteiger charge is -2.59. The molecule has 2 heterocycles. The van der Waals surface area contributed by atoms with Gasteiger partial charge in [0, 0.05) is 54.3 Å².